The molecule has 1 rings (SSSR count). The first-order valence-corrected chi connectivity index (χ1v) is 6.26. The number of aromatic nitrogens is 1. The molecule has 0 saturated carbocycles. The molecule has 0 unspecified atom stereocenters. The fourth-order valence-corrected chi connectivity index (χ4v) is 1.86. The molecule has 0 aliphatic rings. The highest BCUT2D eigenvalue weighted by molar-refractivity contribution is 7.11. The SMILES string of the molecule is CCC(C)(C)CNc1snc(N)c1C(=O)OC. The van der Waals surface area contributed by atoms with Gasteiger partial charge in [0.05, 0.1) is 7.11 Å². The minimum absolute atomic E-state index is 0.159. The molecule has 1 aromatic rings. The fourth-order valence-electron chi connectivity index (χ4n) is 1.17. The van der Waals surface area contributed by atoms with E-state index in [1.165, 1.54) is 18.6 Å². The lowest BCUT2D eigenvalue weighted by atomic mass is 9.90. The van der Waals surface area contributed by atoms with E-state index < -0.39 is 5.97 Å². The van der Waals surface area contributed by atoms with Gasteiger partial charge in [0.2, 0.25) is 0 Å². The van der Waals surface area contributed by atoms with Gasteiger partial charge in [-0.3, -0.25) is 0 Å². The third kappa shape index (κ3) is 3.33. The molecule has 0 amide bonds. The molecular weight excluding hydrogens is 238 g/mol. The molecule has 1 aromatic heterocycles. The van der Waals surface area contributed by atoms with Crippen LogP contribution in [0.3, 0.4) is 0 Å². The second-order valence-electron chi connectivity index (χ2n) is 4.63. The normalized spacial score (nSPS) is 11.3. The van der Waals surface area contributed by atoms with Crippen molar-refractivity contribution in [2.75, 3.05) is 24.7 Å². The van der Waals surface area contributed by atoms with Crippen LogP contribution in [-0.4, -0.2) is 24.0 Å². The largest absolute Gasteiger partial charge is 0.465 e. The van der Waals surface area contributed by atoms with Crippen LogP contribution in [0.5, 0.6) is 0 Å². The van der Waals surface area contributed by atoms with E-state index in [1.807, 2.05) is 0 Å². The molecule has 0 aliphatic carbocycles. The average Bonchev–Trinajstić information content (AvgIpc) is 2.67. The van der Waals surface area contributed by atoms with Crippen molar-refractivity contribution in [3.8, 4) is 0 Å². The molecular formula is C11H19N3O2S. The van der Waals surface area contributed by atoms with Gasteiger partial charge in [-0.05, 0) is 23.4 Å². The molecule has 0 aromatic carbocycles. The summed E-state index contributed by atoms with van der Waals surface area (Å²) in [5.74, 6) is -0.230. The van der Waals surface area contributed by atoms with E-state index in [0.29, 0.717) is 10.6 Å². The maximum atomic E-state index is 11.5. The molecule has 5 nitrogen and oxygen atoms in total. The van der Waals surface area contributed by atoms with Crippen LogP contribution in [0.2, 0.25) is 0 Å². The smallest absolute Gasteiger partial charge is 0.344 e. The summed E-state index contributed by atoms with van der Waals surface area (Å²) in [7, 11) is 1.33. The number of anilines is 2. The van der Waals surface area contributed by atoms with Crippen LogP contribution >= 0.6 is 11.5 Å². The molecule has 6 heteroatoms. The Morgan fingerprint density at radius 2 is 2.24 bits per heavy atom. The zero-order chi connectivity index (χ0) is 13.1. The minimum atomic E-state index is -0.451. The van der Waals surface area contributed by atoms with Crippen LogP contribution in [0.25, 0.3) is 0 Å². The number of esters is 1. The third-order valence-corrected chi connectivity index (χ3v) is 3.61. The van der Waals surface area contributed by atoms with Crippen LogP contribution in [0.15, 0.2) is 0 Å². The Morgan fingerprint density at radius 3 is 2.76 bits per heavy atom. The molecule has 0 spiro atoms. The van der Waals surface area contributed by atoms with Crippen molar-refractivity contribution < 1.29 is 9.53 Å². The van der Waals surface area contributed by atoms with Gasteiger partial charge in [0.25, 0.3) is 0 Å². The number of nitrogens with two attached hydrogens (primary N) is 1. The average molecular weight is 257 g/mol. The van der Waals surface area contributed by atoms with Gasteiger partial charge < -0.3 is 15.8 Å². The number of carbonyl (C=O) groups is 1. The Bertz CT molecular complexity index is 401. The van der Waals surface area contributed by atoms with Crippen molar-refractivity contribution in [3.05, 3.63) is 5.56 Å². The van der Waals surface area contributed by atoms with Gasteiger partial charge >= 0.3 is 5.97 Å². The van der Waals surface area contributed by atoms with Crippen molar-refractivity contribution in [2.24, 2.45) is 5.41 Å². The molecule has 0 fully saturated rings. The topological polar surface area (TPSA) is 77.2 Å². The molecule has 0 bridgehead atoms. The van der Waals surface area contributed by atoms with E-state index in [9.17, 15) is 4.79 Å². The van der Waals surface area contributed by atoms with E-state index in [2.05, 4.69) is 35.2 Å². The van der Waals surface area contributed by atoms with Crippen LogP contribution in [-0.2, 0) is 4.74 Å². The molecule has 17 heavy (non-hydrogen) atoms. The van der Waals surface area contributed by atoms with Gasteiger partial charge in [0.1, 0.15) is 10.6 Å². The molecule has 1 heterocycles. The van der Waals surface area contributed by atoms with E-state index in [4.69, 9.17) is 5.73 Å². The molecule has 0 aliphatic heterocycles. The van der Waals surface area contributed by atoms with E-state index >= 15 is 0 Å². The number of carbonyl (C=O) groups excluding carboxylic acids is 1. The Balaban J connectivity index is 2.82. The van der Waals surface area contributed by atoms with Gasteiger partial charge in [-0.15, -0.1) is 0 Å². The van der Waals surface area contributed by atoms with Crippen molar-refractivity contribution in [1.82, 2.24) is 4.37 Å². The number of hydrogen-bond donors (Lipinski definition) is 2. The van der Waals surface area contributed by atoms with Gasteiger partial charge in [-0.1, -0.05) is 20.8 Å². The van der Waals surface area contributed by atoms with E-state index in [0.717, 1.165) is 13.0 Å². The summed E-state index contributed by atoms with van der Waals surface area (Å²) >= 11 is 1.18. The van der Waals surface area contributed by atoms with Gasteiger partial charge in [0, 0.05) is 6.54 Å². The maximum Gasteiger partial charge on any atom is 0.344 e. The quantitative estimate of drug-likeness (QED) is 0.792. The highest BCUT2D eigenvalue weighted by Crippen LogP contribution is 2.29. The zero-order valence-electron chi connectivity index (χ0n) is 10.7. The standard InChI is InChI=1S/C11H19N3O2S/c1-5-11(2,3)6-13-9-7(10(15)16-4)8(12)14-17-9/h13H,5-6H2,1-4H3,(H2,12,14). The second kappa shape index (κ2) is 5.35. The van der Waals surface area contributed by atoms with Gasteiger partial charge in [-0.2, -0.15) is 4.37 Å². The predicted molar refractivity (Wildman–Crippen MR) is 70.4 cm³/mol. The number of hydrogen-bond acceptors (Lipinski definition) is 6. The summed E-state index contributed by atoms with van der Waals surface area (Å²) in [6.07, 6.45) is 1.04. The summed E-state index contributed by atoms with van der Waals surface area (Å²) < 4.78 is 8.65. The first-order chi connectivity index (χ1) is 7.91. The first-order valence-electron chi connectivity index (χ1n) is 5.48. The second-order valence-corrected chi connectivity index (χ2v) is 5.41. The minimum Gasteiger partial charge on any atom is -0.465 e. The summed E-state index contributed by atoms with van der Waals surface area (Å²) in [6.45, 7) is 7.20. The number of ether oxygens (including phenoxy) is 1. The molecule has 0 saturated heterocycles. The maximum absolute atomic E-state index is 11.5. The van der Waals surface area contributed by atoms with E-state index in [-0.39, 0.29) is 11.2 Å². The Morgan fingerprint density at radius 1 is 1.59 bits per heavy atom. The Labute approximate surface area is 106 Å². The number of rotatable bonds is 5. The predicted octanol–water partition coefficient (Wildman–Crippen LogP) is 2.36. The van der Waals surface area contributed by atoms with Crippen molar-refractivity contribution in [1.29, 1.82) is 0 Å². The molecule has 0 atom stereocenters. The van der Waals surface area contributed by atoms with Gasteiger partial charge in [-0.25, -0.2) is 4.79 Å². The summed E-state index contributed by atoms with van der Waals surface area (Å²) in [6, 6.07) is 0. The summed E-state index contributed by atoms with van der Waals surface area (Å²) in [4.78, 5) is 11.5. The fraction of sp³-hybridized carbons (Fsp3) is 0.636. The number of nitrogen functional groups attached to an aromatic ring is 1. The van der Waals surface area contributed by atoms with Crippen molar-refractivity contribution in [2.45, 2.75) is 27.2 Å². The van der Waals surface area contributed by atoms with Crippen molar-refractivity contribution >= 4 is 28.3 Å². The first kappa shape index (κ1) is 13.8. The van der Waals surface area contributed by atoms with Crippen molar-refractivity contribution in [3.63, 3.8) is 0 Å². The lowest BCUT2D eigenvalue weighted by Gasteiger charge is -2.23. The number of methoxy groups -OCH3 is 1. The highest BCUT2D eigenvalue weighted by atomic mass is 32.1. The van der Waals surface area contributed by atoms with Crippen LogP contribution in [0.4, 0.5) is 10.8 Å². The summed E-state index contributed by atoms with van der Waals surface area (Å²) in [5, 5.41) is 3.89. The molecule has 96 valence electrons. The zero-order valence-corrected chi connectivity index (χ0v) is 11.5. The number of nitrogens with zero attached hydrogens (tertiary/aromatic N) is 1. The lowest BCUT2D eigenvalue weighted by molar-refractivity contribution is 0.0603. The highest BCUT2D eigenvalue weighted by Gasteiger charge is 2.22. The van der Waals surface area contributed by atoms with Gasteiger partial charge in [0.15, 0.2) is 5.82 Å². The summed E-state index contributed by atoms with van der Waals surface area (Å²) in [5.41, 5.74) is 6.14. The Kier molecular flexibility index (Phi) is 4.34. The van der Waals surface area contributed by atoms with Crippen LogP contribution in [0, 0.1) is 5.41 Å². The molecule has 3 N–H and O–H groups in total. The van der Waals surface area contributed by atoms with Crippen LogP contribution in [0.1, 0.15) is 37.6 Å². The lowest BCUT2D eigenvalue weighted by Crippen LogP contribution is -2.22. The monoisotopic (exact) mass is 257 g/mol. The Hall–Kier alpha value is -1.30. The van der Waals surface area contributed by atoms with Crippen LogP contribution < -0.4 is 11.1 Å². The van der Waals surface area contributed by atoms with E-state index in [1.54, 1.807) is 0 Å². The number of nitrogens with one attached hydrogen (secondary N) is 1. The third-order valence-electron chi connectivity index (χ3n) is 2.79. The molecule has 0 radical (unpaired) electrons.